The van der Waals surface area contributed by atoms with Crippen LogP contribution in [0.15, 0.2) is 60.9 Å². The molecule has 1 amide bonds. The number of carbonyl (C=O) groups is 1. The second kappa shape index (κ2) is 12.1. The van der Waals surface area contributed by atoms with Crippen LogP contribution in [0.2, 0.25) is 0 Å². The fraction of sp³-hybridized carbons (Fsp3) is 0.375. The van der Waals surface area contributed by atoms with E-state index >= 15 is 0 Å². The van der Waals surface area contributed by atoms with Crippen LogP contribution < -0.4 is 15.4 Å². The predicted octanol–water partition coefficient (Wildman–Crippen LogP) is 5.73. The topological polar surface area (TPSA) is 108 Å². The van der Waals surface area contributed by atoms with Gasteiger partial charge in [0.25, 0.3) is 5.91 Å². The molecule has 9 heteroatoms. The smallest absolute Gasteiger partial charge is 0.258 e. The summed E-state index contributed by atoms with van der Waals surface area (Å²) in [7, 11) is 0. The molecule has 0 saturated carbocycles. The van der Waals surface area contributed by atoms with E-state index in [0.29, 0.717) is 17.6 Å². The average molecular weight is 554 g/mol. The molecule has 0 fully saturated rings. The van der Waals surface area contributed by atoms with Gasteiger partial charge in [0.1, 0.15) is 11.6 Å². The third kappa shape index (κ3) is 6.92. The van der Waals surface area contributed by atoms with E-state index in [1.165, 1.54) is 0 Å². The van der Waals surface area contributed by atoms with Crippen molar-refractivity contribution in [2.24, 2.45) is 0 Å². The van der Waals surface area contributed by atoms with Crippen molar-refractivity contribution in [1.82, 2.24) is 30.4 Å². The number of fused-ring (bicyclic) bond motifs is 1. The molecule has 3 N–H and O–H groups in total. The molecular weight excluding hydrogens is 514 g/mol. The minimum Gasteiger partial charge on any atom is -0.484 e. The molecule has 1 aliphatic heterocycles. The van der Waals surface area contributed by atoms with Gasteiger partial charge in [-0.05, 0) is 63.9 Å². The minimum absolute atomic E-state index is 0.0510. The molecule has 2 aromatic carbocycles. The van der Waals surface area contributed by atoms with Crippen LogP contribution in [0, 0.1) is 0 Å². The first-order valence-electron chi connectivity index (χ1n) is 14.2. The van der Waals surface area contributed by atoms with E-state index in [4.69, 9.17) is 14.7 Å². The van der Waals surface area contributed by atoms with Crippen LogP contribution in [-0.2, 0) is 17.8 Å². The van der Waals surface area contributed by atoms with Crippen LogP contribution >= 0.6 is 0 Å². The Morgan fingerprint density at radius 1 is 1.10 bits per heavy atom. The third-order valence-electron chi connectivity index (χ3n) is 7.62. The highest BCUT2D eigenvalue weighted by atomic mass is 16.5. The average Bonchev–Trinajstić information content (AvgIpc) is 3.51. The Bertz CT molecular complexity index is 1480. The van der Waals surface area contributed by atoms with Gasteiger partial charge in [-0.25, -0.2) is 9.97 Å². The lowest BCUT2D eigenvalue weighted by molar-refractivity contribution is -0.124. The van der Waals surface area contributed by atoms with Crippen LogP contribution in [0.1, 0.15) is 52.3 Å². The zero-order valence-corrected chi connectivity index (χ0v) is 24.5. The van der Waals surface area contributed by atoms with E-state index in [1.54, 1.807) is 0 Å². The first-order chi connectivity index (χ1) is 19.7. The molecule has 0 unspecified atom stereocenters. The van der Waals surface area contributed by atoms with Crippen LogP contribution in [0.25, 0.3) is 22.5 Å². The Morgan fingerprint density at radius 3 is 2.61 bits per heavy atom. The minimum atomic E-state index is -0.270. The summed E-state index contributed by atoms with van der Waals surface area (Å²) in [6.07, 6.45) is 5.38. The van der Waals surface area contributed by atoms with Gasteiger partial charge in [0.05, 0.1) is 11.9 Å². The highest BCUT2D eigenvalue weighted by Crippen LogP contribution is 2.31. The number of hydrogen-bond donors (Lipinski definition) is 3. The van der Waals surface area contributed by atoms with E-state index in [-0.39, 0.29) is 18.1 Å². The molecule has 0 saturated heterocycles. The molecule has 0 atom stereocenters. The second-order valence-corrected chi connectivity index (χ2v) is 11.4. The van der Waals surface area contributed by atoms with Crippen LogP contribution in [-0.4, -0.2) is 55.7 Å². The number of amides is 1. The number of H-pyrrole nitrogens is 1. The Balaban J connectivity index is 1.41. The molecule has 5 rings (SSSR count). The quantitative estimate of drug-likeness (QED) is 0.230. The highest BCUT2D eigenvalue weighted by molar-refractivity contribution is 5.78. The fourth-order valence-electron chi connectivity index (χ4n) is 4.78. The zero-order chi connectivity index (χ0) is 29.0. The summed E-state index contributed by atoms with van der Waals surface area (Å²) in [5, 5.41) is 13.5. The molecule has 9 nitrogen and oxygen atoms in total. The lowest BCUT2D eigenvalue weighted by Crippen LogP contribution is -2.44. The van der Waals surface area contributed by atoms with Crippen LogP contribution in [0.4, 0.5) is 11.5 Å². The summed E-state index contributed by atoms with van der Waals surface area (Å²) in [4.78, 5) is 24.9. The van der Waals surface area contributed by atoms with Crippen LogP contribution in [0.5, 0.6) is 5.75 Å². The van der Waals surface area contributed by atoms with Gasteiger partial charge < -0.3 is 15.4 Å². The molecule has 0 bridgehead atoms. The number of hydrogen-bond acceptors (Lipinski definition) is 7. The van der Waals surface area contributed by atoms with Crippen molar-refractivity contribution in [3.63, 3.8) is 0 Å². The molecule has 4 aromatic rings. The maximum atomic E-state index is 12.4. The zero-order valence-electron chi connectivity index (χ0n) is 24.5. The van der Waals surface area contributed by atoms with Gasteiger partial charge in [-0.1, -0.05) is 31.2 Å². The van der Waals surface area contributed by atoms with Gasteiger partial charge >= 0.3 is 0 Å². The number of carbonyl (C=O) groups excluding carboxylic acids is 1. The number of nitrogens with zero attached hydrogens (tertiary/aromatic N) is 4. The summed E-state index contributed by atoms with van der Waals surface area (Å²) in [5.74, 6) is 1.89. The molecule has 0 spiro atoms. The Hall–Kier alpha value is -4.24. The van der Waals surface area contributed by atoms with Crippen LogP contribution in [0.3, 0.4) is 0 Å². The Morgan fingerprint density at radius 2 is 1.90 bits per heavy atom. The van der Waals surface area contributed by atoms with Crippen molar-refractivity contribution < 1.29 is 9.53 Å². The number of aromatic amines is 1. The number of rotatable bonds is 10. The molecule has 0 radical (unpaired) electrons. The summed E-state index contributed by atoms with van der Waals surface area (Å²) >= 11 is 0. The summed E-state index contributed by atoms with van der Waals surface area (Å²) in [6.45, 7) is 12.2. The largest absolute Gasteiger partial charge is 0.484 e. The number of anilines is 2. The Kier molecular flexibility index (Phi) is 8.35. The fourth-order valence-corrected chi connectivity index (χ4v) is 4.78. The van der Waals surface area contributed by atoms with Gasteiger partial charge in [-0.2, -0.15) is 5.10 Å². The van der Waals surface area contributed by atoms with E-state index in [1.807, 2.05) is 57.4 Å². The maximum absolute atomic E-state index is 12.4. The lowest BCUT2D eigenvalue weighted by Gasteiger charge is -2.32. The first kappa shape index (κ1) is 28.3. The van der Waals surface area contributed by atoms with E-state index in [2.05, 4.69) is 63.8 Å². The lowest BCUT2D eigenvalue weighted by atomic mass is 10.0. The third-order valence-corrected chi connectivity index (χ3v) is 7.62. The Labute approximate surface area is 241 Å². The maximum Gasteiger partial charge on any atom is 0.258 e. The standard InChI is InChI=1S/C32H39N7O2/c1-6-32(4,5)38-29(40)20-41-26-9-7-8-23(16-26)30-36-28-14-15-39(21(2)3)19-27(28)31(37-30)35-25-12-10-22(11-13-25)24-17-33-34-18-24/h7-13,16-18,21H,6,14-15,19-20H2,1-5H3,(H,33,34)(H,38,40)(H,35,36,37). The number of ether oxygens (including phenoxy) is 1. The van der Waals surface area contributed by atoms with Gasteiger partial charge in [-0.3, -0.25) is 14.8 Å². The predicted molar refractivity (Wildman–Crippen MR) is 162 cm³/mol. The molecule has 214 valence electrons. The van der Waals surface area contributed by atoms with E-state index < -0.39 is 0 Å². The molecule has 0 aliphatic carbocycles. The molecule has 1 aliphatic rings. The van der Waals surface area contributed by atoms with Crippen molar-refractivity contribution >= 4 is 17.4 Å². The first-order valence-corrected chi connectivity index (χ1v) is 14.2. The van der Waals surface area contributed by atoms with E-state index in [0.717, 1.165) is 65.4 Å². The number of aromatic nitrogens is 4. The van der Waals surface area contributed by atoms with Crippen molar-refractivity contribution in [3.8, 4) is 28.3 Å². The van der Waals surface area contributed by atoms with Gasteiger partial charge in [0.2, 0.25) is 0 Å². The molecule has 2 aromatic heterocycles. The highest BCUT2D eigenvalue weighted by Gasteiger charge is 2.25. The van der Waals surface area contributed by atoms with Crippen molar-refractivity contribution in [1.29, 1.82) is 0 Å². The van der Waals surface area contributed by atoms with Crippen molar-refractivity contribution in [3.05, 3.63) is 72.2 Å². The van der Waals surface area contributed by atoms with Crippen molar-refractivity contribution in [2.75, 3.05) is 18.5 Å². The number of nitrogens with one attached hydrogen (secondary N) is 3. The summed E-state index contributed by atoms with van der Waals surface area (Å²) in [6, 6.07) is 16.3. The molecule has 41 heavy (non-hydrogen) atoms. The van der Waals surface area contributed by atoms with Gasteiger partial charge in [0.15, 0.2) is 12.4 Å². The SMILES string of the molecule is CCC(C)(C)NC(=O)COc1cccc(-c2nc3c(c(Nc4ccc(-c5cn[nH]c5)cc4)n2)CN(C(C)C)CC3)c1. The van der Waals surface area contributed by atoms with Crippen molar-refractivity contribution in [2.45, 2.75) is 65.6 Å². The molecular formula is C32H39N7O2. The monoisotopic (exact) mass is 553 g/mol. The second-order valence-electron chi connectivity index (χ2n) is 11.4. The summed E-state index contributed by atoms with van der Waals surface area (Å²) < 4.78 is 5.84. The van der Waals surface area contributed by atoms with Gasteiger partial charge in [0, 0.05) is 59.7 Å². The number of benzene rings is 2. The molecule has 3 heterocycles. The van der Waals surface area contributed by atoms with E-state index in [9.17, 15) is 4.79 Å². The van der Waals surface area contributed by atoms with Gasteiger partial charge in [-0.15, -0.1) is 0 Å². The summed E-state index contributed by atoms with van der Waals surface area (Å²) in [5.41, 5.74) is 5.82. The normalized spacial score (nSPS) is 13.6.